The number of nitrogens with zero attached hydrogens (tertiary/aromatic N) is 1. The first-order valence-electron chi connectivity index (χ1n) is 9.27. The molecule has 0 heterocycles. The molecule has 1 atom stereocenters. The number of esters is 1. The SMILES string of the molecule is CCOC(=O)CCCCN(C)c1ccc(C(=O)C(O)c2ccccc2)cc1. The predicted molar refractivity (Wildman–Crippen MR) is 106 cm³/mol. The van der Waals surface area contributed by atoms with E-state index in [0.29, 0.717) is 24.2 Å². The average Bonchev–Trinajstić information content (AvgIpc) is 2.71. The average molecular weight is 369 g/mol. The second-order valence-corrected chi connectivity index (χ2v) is 6.41. The van der Waals surface area contributed by atoms with Gasteiger partial charge >= 0.3 is 5.97 Å². The Balaban J connectivity index is 1.86. The van der Waals surface area contributed by atoms with Crippen LogP contribution in [0, 0.1) is 0 Å². The lowest BCUT2D eigenvalue weighted by Crippen LogP contribution is -2.19. The molecule has 144 valence electrons. The van der Waals surface area contributed by atoms with E-state index in [2.05, 4.69) is 4.90 Å². The maximum absolute atomic E-state index is 12.4. The van der Waals surface area contributed by atoms with Crippen molar-refractivity contribution in [3.05, 3.63) is 65.7 Å². The van der Waals surface area contributed by atoms with E-state index in [9.17, 15) is 14.7 Å². The van der Waals surface area contributed by atoms with Gasteiger partial charge in [-0.1, -0.05) is 30.3 Å². The molecule has 0 aliphatic heterocycles. The quantitative estimate of drug-likeness (QED) is 0.392. The summed E-state index contributed by atoms with van der Waals surface area (Å²) in [6.07, 6.45) is 0.941. The van der Waals surface area contributed by atoms with Crippen LogP contribution in [0.2, 0.25) is 0 Å². The van der Waals surface area contributed by atoms with Crippen molar-refractivity contribution >= 4 is 17.4 Å². The Bertz CT molecular complexity index is 728. The lowest BCUT2D eigenvalue weighted by molar-refractivity contribution is -0.143. The Kier molecular flexibility index (Phi) is 8.01. The molecule has 27 heavy (non-hydrogen) atoms. The van der Waals surface area contributed by atoms with Crippen molar-refractivity contribution in [3.8, 4) is 0 Å². The fourth-order valence-corrected chi connectivity index (χ4v) is 2.81. The monoisotopic (exact) mass is 369 g/mol. The Morgan fingerprint density at radius 1 is 1.04 bits per heavy atom. The first-order chi connectivity index (χ1) is 13.0. The summed E-state index contributed by atoms with van der Waals surface area (Å²) in [4.78, 5) is 25.9. The summed E-state index contributed by atoms with van der Waals surface area (Å²) in [5, 5.41) is 10.2. The summed E-state index contributed by atoms with van der Waals surface area (Å²) >= 11 is 0. The van der Waals surface area contributed by atoms with Crippen LogP contribution in [-0.4, -0.2) is 37.1 Å². The number of aliphatic hydroxyl groups excluding tert-OH is 1. The number of ketones is 1. The van der Waals surface area contributed by atoms with Gasteiger partial charge in [-0.3, -0.25) is 9.59 Å². The number of hydrogen-bond acceptors (Lipinski definition) is 5. The van der Waals surface area contributed by atoms with Crippen LogP contribution in [0.15, 0.2) is 54.6 Å². The Labute approximate surface area is 160 Å². The molecular weight excluding hydrogens is 342 g/mol. The van der Waals surface area contributed by atoms with Crippen molar-refractivity contribution < 1.29 is 19.4 Å². The minimum Gasteiger partial charge on any atom is -0.466 e. The van der Waals surface area contributed by atoms with Gasteiger partial charge in [0.15, 0.2) is 5.78 Å². The molecule has 0 saturated heterocycles. The highest BCUT2D eigenvalue weighted by atomic mass is 16.5. The molecule has 0 fully saturated rings. The number of anilines is 1. The maximum Gasteiger partial charge on any atom is 0.305 e. The van der Waals surface area contributed by atoms with Gasteiger partial charge in [0.1, 0.15) is 6.10 Å². The number of benzene rings is 2. The lowest BCUT2D eigenvalue weighted by atomic mass is 10.00. The highest BCUT2D eigenvalue weighted by molar-refractivity contribution is 6.00. The number of ether oxygens (including phenoxy) is 1. The smallest absolute Gasteiger partial charge is 0.305 e. The maximum atomic E-state index is 12.4. The number of aliphatic hydroxyl groups is 1. The van der Waals surface area contributed by atoms with Crippen molar-refractivity contribution in [2.24, 2.45) is 0 Å². The van der Waals surface area contributed by atoms with Crippen LogP contribution >= 0.6 is 0 Å². The van der Waals surface area contributed by atoms with E-state index in [1.165, 1.54) is 0 Å². The van der Waals surface area contributed by atoms with Crippen molar-refractivity contribution in [2.75, 3.05) is 25.1 Å². The summed E-state index contributed by atoms with van der Waals surface area (Å²) in [6.45, 7) is 3.03. The third-order valence-electron chi connectivity index (χ3n) is 4.39. The Morgan fingerprint density at radius 2 is 1.70 bits per heavy atom. The zero-order valence-corrected chi connectivity index (χ0v) is 15.9. The molecule has 0 radical (unpaired) electrons. The van der Waals surface area contributed by atoms with E-state index in [-0.39, 0.29) is 11.8 Å². The van der Waals surface area contributed by atoms with Crippen LogP contribution in [0.3, 0.4) is 0 Å². The van der Waals surface area contributed by atoms with E-state index in [1.807, 2.05) is 25.2 Å². The number of carbonyl (C=O) groups excluding carboxylic acids is 2. The number of carbonyl (C=O) groups is 2. The standard InChI is InChI=1S/C22H27NO4/c1-3-27-20(24)11-7-8-16-23(2)19-14-12-18(13-15-19)22(26)21(25)17-9-5-4-6-10-17/h4-6,9-10,12-15,21,25H,3,7-8,11,16H2,1-2H3. The molecule has 5 heteroatoms. The van der Waals surface area contributed by atoms with Gasteiger partial charge in [0.2, 0.25) is 0 Å². The lowest BCUT2D eigenvalue weighted by Gasteiger charge is -2.19. The fourth-order valence-electron chi connectivity index (χ4n) is 2.81. The van der Waals surface area contributed by atoms with Crippen molar-refractivity contribution in [1.29, 1.82) is 0 Å². The molecule has 1 N–H and O–H groups in total. The minimum absolute atomic E-state index is 0.153. The van der Waals surface area contributed by atoms with Crippen LogP contribution in [0.25, 0.3) is 0 Å². The Morgan fingerprint density at radius 3 is 2.33 bits per heavy atom. The molecule has 0 aromatic heterocycles. The van der Waals surface area contributed by atoms with E-state index in [1.54, 1.807) is 43.3 Å². The first-order valence-corrected chi connectivity index (χ1v) is 9.27. The minimum atomic E-state index is -1.15. The van der Waals surface area contributed by atoms with E-state index in [0.717, 1.165) is 25.1 Å². The summed E-state index contributed by atoms with van der Waals surface area (Å²) < 4.78 is 4.92. The molecule has 0 amide bonds. The molecule has 2 aromatic carbocycles. The third-order valence-corrected chi connectivity index (χ3v) is 4.39. The zero-order valence-electron chi connectivity index (χ0n) is 15.9. The molecule has 2 aromatic rings. The Hall–Kier alpha value is -2.66. The van der Waals surface area contributed by atoms with Crippen LogP contribution in [0.5, 0.6) is 0 Å². The van der Waals surface area contributed by atoms with E-state index in [4.69, 9.17) is 4.74 Å². The first kappa shape index (κ1) is 20.6. The number of unbranched alkanes of at least 4 members (excludes halogenated alkanes) is 1. The highest BCUT2D eigenvalue weighted by Crippen LogP contribution is 2.21. The topological polar surface area (TPSA) is 66.8 Å². The van der Waals surface area contributed by atoms with Gasteiger partial charge in [0, 0.05) is 31.3 Å². The van der Waals surface area contributed by atoms with Crippen molar-refractivity contribution in [1.82, 2.24) is 0 Å². The molecule has 0 spiro atoms. The van der Waals surface area contributed by atoms with Gasteiger partial charge in [-0.05, 0) is 49.6 Å². The van der Waals surface area contributed by atoms with E-state index >= 15 is 0 Å². The third kappa shape index (κ3) is 6.22. The van der Waals surface area contributed by atoms with Crippen molar-refractivity contribution in [3.63, 3.8) is 0 Å². The normalized spacial score (nSPS) is 11.7. The second kappa shape index (κ2) is 10.5. The van der Waals surface area contributed by atoms with Crippen LogP contribution in [0.1, 0.15) is 48.2 Å². The summed E-state index contributed by atoms with van der Waals surface area (Å²) in [7, 11) is 1.97. The molecule has 2 rings (SSSR count). The summed E-state index contributed by atoms with van der Waals surface area (Å²) in [5.41, 5.74) is 2.05. The summed E-state index contributed by atoms with van der Waals surface area (Å²) in [6, 6.07) is 16.1. The molecule has 5 nitrogen and oxygen atoms in total. The van der Waals surface area contributed by atoms with Gasteiger partial charge < -0.3 is 14.7 Å². The van der Waals surface area contributed by atoms with Crippen molar-refractivity contribution in [2.45, 2.75) is 32.3 Å². The molecule has 0 aliphatic rings. The van der Waals surface area contributed by atoms with Gasteiger partial charge in [0.25, 0.3) is 0 Å². The molecular formula is C22H27NO4. The molecule has 0 bridgehead atoms. The zero-order chi connectivity index (χ0) is 19.6. The molecule has 0 aliphatic carbocycles. The van der Waals surface area contributed by atoms with Crippen LogP contribution in [-0.2, 0) is 9.53 Å². The largest absolute Gasteiger partial charge is 0.466 e. The fraction of sp³-hybridized carbons (Fsp3) is 0.364. The van der Waals surface area contributed by atoms with Crippen LogP contribution < -0.4 is 4.90 Å². The number of hydrogen-bond donors (Lipinski definition) is 1. The number of Topliss-reactive ketones (excluding diaryl/α,β-unsaturated/α-hetero) is 1. The summed E-state index contributed by atoms with van der Waals surface area (Å²) in [5.74, 6) is -0.468. The van der Waals surface area contributed by atoms with Gasteiger partial charge in [-0.25, -0.2) is 0 Å². The highest BCUT2D eigenvalue weighted by Gasteiger charge is 2.19. The predicted octanol–water partition coefficient (Wildman–Crippen LogP) is 3.77. The molecule has 1 unspecified atom stereocenters. The van der Waals surface area contributed by atoms with Gasteiger partial charge in [0.05, 0.1) is 6.61 Å². The second-order valence-electron chi connectivity index (χ2n) is 6.41. The van der Waals surface area contributed by atoms with Crippen LogP contribution in [0.4, 0.5) is 5.69 Å². The molecule has 0 saturated carbocycles. The van der Waals surface area contributed by atoms with Gasteiger partial charge in [-0.15, -0.1) is 0 Å². The van der Waals surface area contributed by atoms with E-state index < -0.39 is 6.10 Å². The number of rotatable bonds is 10. The van der Waals surface area contributed by atoms with Gasteiger partial charge in [-0.2, -0.15) is 0 Å².